The summed E-state index contributed by atoms with van der Waals surface area (Å²) in [7, 11) is 1.60. The minimum Gasteiger partial charge on any atom is -0.507 e. The first-order valence-corrected chi connectivity index (χ1v) is 5.85. The maximum Gasteiger partial charge on any atom is 0.260 e. The van der Waals surface area contributed by atoms with Crippen molar-refractivity contribution in [2.24, 2.45) is 4.99 Å². The van der Waals surface area contributed by atoms with Gasteiger partial charge in [-0.05, 0) is 37.1 Å². The number of rotatable bonds is 2. The Morgan fingerprint density at radius 1 is 1.32 bits per heavy atom. The van der Waals surface area contributed by atoms with Gasteiger partial charge in [0.1, 0.15) is 5.75 Å². The molecule has 98 valence electrons. The fourth-order valence-electron chi connectivity index (χ4n) is 1.98. The third kappa shape index (κ3) is 2.40. The minimum atomic E-state index is -0.237. The molecular formula is C14H15N3O2. The number of phenolic OH excluding ortho intramolecular Hbond substituents is 1. The summed E-state index contributed by atoms with van der Waals surface area (Å²) >= 11 is 0. The van der Waals surface area contributed by atoms with Gasteiger partial charge in [-0.1, -0.05) is 0 Å². The van der Waals surface area contributed by atoms with Crippen molar-refractivity contribution in [1.82, 2.24) is 9.97 Å². The van der Waals surface area contributed by atoms with Crippen molar-refractivity contribution in [2.45, 2.75) is 13.8 Å². The van der Waals surface area contributed by atoms with Crippen LogP contribution < -0.4 is 5.56 Å². The maximum atomic E-state index is 11.8. The van der Waals surface area contributed by atoms with Gasteiger partial charge >= 0.3 is 0 Å². The summed E-state index contributed by atoms with van der Waals surface area (Å²) in [5.74, 6) is 0.263. The number of hydrogen-bond donors (Lipinski definition) is 2. The number of aromatic nitrogens is 2. The monoisotopic (exact) mass is 257 g/mol. The Hall–Kier alpha value is -2.43. The van der Waals surface area contributed by atoms with Crippen molar-refractivity contribution >= 4 is 6.21 Å². The average Bonchev–Trinajstić information content (AvgIpc) is 2.38. The van der Waals surface area contributed by atoms with Gasteiger partial charge in [0.05, 0.1) is 17.6 Å². The molecule has 0 saturated heterocycles. The van der Waals surface area contributed by atoms with Gasteiger partial charge in [-0.2, -0.15) is 0 Å². The van der Waals surface area contributed by atoms with Crippen LogP contribution >= 0.6 is 0 Å². The normalized spacial score (nSPS) is 11.1. The quantitative estimate of drug-likeness (QED) is 0.805. The predicted molar refractivity (Wildman–Crippen MR) is 75.0 cm³/mol. The molecule has 0 atom stereocenters. The lowest BCUT2D eigenvalue weighted by Crippen LogP contribution is -2.14. The van der Waals surface area contributed by atoms with Gasteiger partial charge in [0.15, 0.2) is 0 Å². The Bertz CT molecular complexity index is 679. The molecule has 1 heterocycles. The highest BCUT2D eigenvalue weighted by atomic mass is 16.3. The van der Waals surface area contributed by atoms with Crippen LogP contribution in [0.4, 0.5) is 0 Å². The van der Waals surface area contributed by atoms with E-state index >= 15 is 0 Å². The molecule has 5 heteroatoms. The minimum absolute atomic E-state index is 0.237. The maximum absolute atomic E-state index is 11.8. The molecule has 0 aliphatic heterocycles. The van der Waals surface area contributed by atoms with Crippen LogP contribution in [0.3, 0.4) is 0 Å². The van der Waals surface area contributed by atoms with Crippen LogP contribution in [-0.4, -0.2) is 28.3 Å². The lowest BCUT2D eigenvalue weighted by atomic mass is 10.0. The average molecular weight is 257 g/mol. The van der Waals surface area contributed by atoms with E-state index in [1.54, 1.807) is 19.2 Å². The van der Waals surface area contributed by atoms with Crippen LogP contribution in [0.5, 0.6) is 5.75 Å². The van der Waals surface area contributed by atoms with Crippen LogP contribution in [0.2, 0.25) is 0 Å². The van der Waals surface area contributed by atoms with Gasteiger partial charge < -0.3 is 10.1 Å². The van der Waals surface area contributed by atoms with Gasteiger partial charge in [-0.15, -0.1) is 0 Å². The van der Waals surface area contributed by atoms with Crippen molar-refractivity contribution in [3.05, 3.63) is 45.5 Å². The summed E-state index contributed by atoms with van der Waals surface area (Å²) in [4.78, 5) is 22.4. The Labute approximate surface area is 110 Å². The summed E-state index contributed by atoms with van der Waals surface area (Å²) in [6.45, 7) is 3.62. The zero-order valence-electron chi connectivity index (χ0n) is 11.1. The topological polar surface area (TPSA) is 78.3 Å². The van der Waals surface area contributed by atoms with E-state index in [1.807, 2.05) is 13.8 Å². The van der Waals surface area contributed by atoms with Crippen molar-refractivity contribution in [2.75, 3.05) is 7.05 Å². The van der Waals surface area contributed by atoms with Gasteiger partial charge in [-0.3, -0.25) is 9.79 Å². The summed E-state index contributed by atoms with van der Waals surface area (Å²) in [5, 5.41) is 9.79. The highest BCUT2D eigenvalue weighted by Gasteiger charge is 2.11. The zero-order valence-corrected chi connectivity index (χ0v) is 11.1. The largest absolute Gasteiger partial charge is 0.507 e. The molecule has 0 radical (unpaired) electrons. The second kappa shape index (κ2) is 5.06. The van der Waals surface area contributed by atoms with Crippen LogP contribution in [0.1, 0.15) is 16.7 Å². The van der Waals surface area contributed by atoms with Gasteiger partial charge in [0.25, 0.3) is 5.56 Å². The third-order valence-electron chi connectivity index (χ3n) is 2.91. The molecule has 0 aliphatic rings. The number of aliphatic imine (C=N–C) groups is 1. The molecule has 0 spiro atoms. The van der Waals surface area contributed by atoms with Gasteiger partial charge in [0, 0.05) is 18.8 Å². The van der Waals surface area contributed by atoms with Crippen LogP contribution in [-0.2, 0) is 0 Å². The summed E-state index contributed by atoms with van der Waals surface area (Å²) in [6.07, 6.45) is 2.85. The number of aromatic amines is 1. The van der Waals surface area contributed by atoms with E-state index in [1.165, 1.54) is 12.5 Å². The molecule has 0 aliphatic carbocycles. The smallest absolute Gasteiger partial charge is 0.260 e. The van der Waals surface area contributed by atoms with E-state index in [9.17, 15) is 9.90 Å². The number of aromatic hydroxyl groups is 1. The summed E-state index contributed by atoms with van der Waals surface area (Å²) in [6, 6.07) is 3.61. The molecule has 1 aromatic heterocycles. The third-order valence-corrected chi connectivity index (χ3v) is 2.91. The number of nitrogens with one attached hydrogen (secondary N) is 1. The van der Waals surface area contributed by atoms with Crippen molar-refractivity contribution in [1.29, 1.82) is 0 Å². The second-order valence-electron chi connectivity index (χ2n) is 4.34. The molecule has 0 unspecified atom stereocenters. The molecule has 0 bridgehead atoms. The number of nitrogens with zero attached hydrogens (tertiary/aromatic N) is 2. The summed E-state index contributed by atoms with van der Waals surface area (Å²) in [5.41, 5.74) is 3.01. The SMILES string of the molecule is CN=Cc1c(-c2cc(C)c(O)c(C)c2)nc[nH]c1=O. The van der Waals surface area contributed by atoms with Gasteiger partial charge in [-0.25, -0.2) is 4.98 Å². The molecule has 1 aromatic carbocycles. The molecule has 2 aromatic rings. The standard InChI is InChI=1S/C14H15N3O2/c1-8-4-10(5-9(2)13(8)18)12-11(6-15-3)14(19)17-7-16-12/h4-7,18H,1-3H3,(H,16,17,19). The van der Waals surface area contributed by atoms with E-state index in [4.69, 9.17) is 0 Å². The van der Waals surface area contributed by atoms with E-state index < -0.39 is 0 Å². The number of hydrogen-bond acceptors (Lipinski definition) is 4. The molecule has 5 nitrogen and oxygen atoms in total. The van der Waals surface area contributed by atoms with Gasteiger partial charge in [0.2, 0.25) is 0 Å². The van der Waals surface area contributed by atoms with Crippen molar-refractivity contribution in [3.63, 3.8) is 0 Å². The van der Waals surface area contributed by atoms with E-state index in [-0.39, 0.29) is 11.3 Å². The molecule has 2 rings (SSSR count). The van der Waals surface area contributed by atoms with Crippen LogP contribution in [0.25, 0.3) is 11.3 Å². The van der Waals surface area contributed by atoms with E-state index in [0.29, 0.717) is 11.3 Å². The fourth-order valence-corrected chi connectivity index (χ4v) is 1.98. The second-order valence-corrected chi connectivity index (χ2v) is 4.34. The Kier molecular flexibility index (Phi) is 3.46. The molecule has 0 fully saturated rings. The van der Waals surface area contributed by atoms with Crippen molar-refractivity contribution < 1.29 is 5.11 Å². The molecule has 0 amide bonds. The molecular weight excluding hydrogens is 242 g/mol. The Morgan fingerprint density at radius 3 is 2.53 bits per heavy atom. The first-order chi connectivity index (χ1) is 9.04. The zero-order chi connectivity index (χ0) is 14.0. The van der Waals surface area contributed by atoms with E-state index in [2.05, 4.69) is 15.0 Å². The molecule has 19 heavy (non-hydrogen) atoms. The number of benzene rings is 1. The Morgan fingerprint density at radius 2 is 1.95 bits per heavy atom. The summed E-state index contributed by atoms with van der Waals surface area (Å²) < 4.78 is 0. The van der Waals surface area contributed by atoms with E-state index in [0.717, 1.165) is 16.7 Å². The molecule has 2 N–H and O–H groups in total. The Balaban J connectivity index is 2.72. The lowest BCUT2D eigenvalue weighted by Gasteiger charge is -2.09. The number of aryl methyl sites for hydroxylation is 2. The number of H-pyrrole nitrogens is 1. The lowest BCUT2D eigenvalue weighted by molar-refractivity contribution is 0.467. The van der Waals surface area contributed by atoms with Crippen LogP contribution in [0, 0.1) is 13.8 Å². The predicted octanol–water partition coefficient (Wildman–Crippen LogP) is 1.81. The van der Waals surface area contributed by atoms with Crippen molar-refractivity contribution in [3.8, 4) is 17.0 Å². The first-order valence-electron chi connectivity index (χ1n) is 5.85. The first kappa shape index (κ1) is 13.0. The fraction of sp³-hybridized carbons (Fsp3) is 0.214. The highest BCUT2D eigenvalue weighted by molar-refractivity contribution is 5.88. The highest BCUT2D eigenvalue weighted by Crippen LogP contribution is 2.28. The molecule has 0 saturated carbocycles. The number of phenols is 1. The van der Waals surface area contributed by atoms with Crippen LogP contribution in [0.15, 0.2) is 28.2 Å².